The summed E-state index contributed by atoms with van der Waals surface area (Å²) < 4.78 is 56.8. The second-order valence-electron chi connectivity index (χ2n) is 1.87. The summed E-state index contributed by atoms with van der Waals surface area (Å²) in [7, 11) is 2.68. The third-order valence-electron chi connectivity index (χ3n) is 1.14. The molecule has 0 bridgehead atoms. The van der Waals surface area contributed by atoms with Gasteiger partial charge in [0.25, 0.3) is 6.29 Å². The highest BCUT2D eigenvalue weighted by molar-refractivity contribution is 5.26. The predicted molar refractivity (Wildman–Crippen MR) is 29.8 cm³/mol. The third-order valence-corrected chi connectivity index (χ3v) is 1.14. The molecule has 1 heterocycles. The van der Waals surface area contributed by atoms with Gasteiger partial charge in [-0.25, -0.2) is 8.78 Å². The van der Waals surface area contributed by atoms with Gasteiger partial charge in [0.1, 0.15) is 0 Å². The lowest BCUT2D eigenvalue weighted by Crippen LogP contribution is -2.19. The molecule has 1 rings (SSSR count). The molecule has 67 valence electrons. The Balaban J connectivity index is 3.02. The molecule has 0 aromatic carbocycles. The number of hydrogen-bond acceptors (Lipinski definition) is 2. The van der Waals surface area contributed by atoms with Gasteiger partial charge in [0, 0.05) is 0 Å². The van der Waals surface area contributed by atoms with E-state index in [1.165, 1.54) is 0 Å². The molecule has 0 fully saturated rings. The molecule has 0 aromatic heterocycles. The average molecular weight is 183 g/mol. The van der Waals surface area contributed by atoms with Crippen molar-refractivity contribution in [1.29, 1.82) is 0 Å². The van der Waals surface area contributed by atoms with Crippen molar-refractivity contribution in [3.63, 3.8) is 0 Å². The van der Waals surface area contributed by atoms with E-state index in [-0.39, 0.29) is 0 Å². The molecular formula is C6H3F4O2. The van der Waals surface area contributed by atoms with Crippen LogP contribution in [0.3, 0.4) is 0 Å². The van der Waals surface area contributed by atoms with Crippen molar-refractivity contribution < 1.29 is 27.0 Å². The topological polar surface area (TPSA) is 18.5 Å². The van der Waals surface area contributed by atoms with Crippen LogP contribution in [0.1, 0.15) is 0 Å². The fourth-order valence-corrected chi connectivity index (χ4v) is 0.599. The van der Waals surface area contributed by atoms with Gasteiger partial charge in [0.05, 0.1) is 7.11 Å². The Morgan fingerprint density at radius 2 is 1.75 bits per heavy atom. The van der Waals surface area contributed by atoms with Gasteiger partial charge in [-0.15, -0.1) is 0 Å². The summed E-state index contributed by atoms with van der Waals surface area (Å²) >= 11 is 0. The maximum atomic E-state index is 12.4. The second-order valence-corrected chi connectivity index (χ2v) is 1.87. The minimum atomic E-state index is -2.01. The van der Waals surface area contributed by atoms with Gasteiger partial charge < -0.3 is 9.47 Å². The average Bonchev–Trinajstić information content (AvgIpc) is 2.08. The van der Waals surface area contributed by atoms with E-state index in [9.17, 15) is 17.6 Å². The zero-order valence-corrected chi connectivity index (χ0v) is 5.61. The van der Waals surface area contributed by atoms with E-state index in [0.29, 0.717) is 0 Å². The van der Waals surface area contributed by atoms with Gasteiger partial charge in [-0.05, 0) is 0 Å². The van der Waals surface area contributed by atoms with E-state index in [1.54, 1.807) is 0 Å². The first-order valence-corrected chi connectivity index (χ1v) is 2.76. The van der Waals surface area contributed by atoms with Crippen LogP contribution in [0.2, 0.25) is 0 Å². The highest BCUT2D eigenvalue weighted by Gasteiger charge is 2.32. The molecule has 6 heteroatoms. The van der Waals surface area contributed by atoms with Crippen molar-refractivity contribution in [2.75, 3.05) is 0 Å². The van der Waals surface area contributed by atoms with Crippen LogP contribution in [0.5, 0.6) is 0 Å². The number of hydrogen-bond donors (Lipinski definition) is 0. The molecule has 0 aromatic rings. The van der Waals surface area contributed by atoms with Crippen molar-refractivity contribution in [3.05, 3.63) is 30.6 Å². The van der Waals surface area contributed by atoms with E-state index in [4.69, 9.17) is 0 Å². The maximum absolute atomic E-state index is 12.4. The van der Waals surface area contributed by atoms with Gasteiger partial charge >= 0.3 is 6.01 Å². The van der Waals surface area contributed by atoms with E-state index in [0.717, 1.165) is 0 Å². The van der Waals surface area contributed by atoms with E-state index in [1.807, 2.05) is 0 Å². The first kappa shape index (κ1) is 9.05. The minimum absolute atomic E-state index is 1.68. The van der Waals surface area contributed by atoms with Gasteiger partial charge in [0.15, 0.2) is 0 Å². The van der Waals surface area contributed by atoms with E-state index in [2.05, 4.69) is 16.6 Å². The van der Waals surface area contributed by atoms with Crippen LogP contribution in [0.15, 0.2) is 23.5 Å². The predicted octanol–water partition coefficient (Wildman–Crippen LogP) is 2.41. The summed E-state index contributed by atoms with van der Waals surface area (Å²) in [6, 6.07) is -1.86. The summed E-state index contributed by atoms with van der Waals surface area (Å²) in [5, 5.41) is 0. The molecule has 1 unspecified atom stereocenters. The Bertz CT molecular complexity index is 258. The van der Waals surface area contributed by atoms with Crippen LogP contribution >= 0.6 is 0 Å². The lowest BCUT2D eigenvalue weighted by Gasteiger charge is -2.17. The molecular weight excluding hydrogens is 180 g/mol. The number of rotatable bonds is 1. The summed E-state index contributed by atoms with van der Waals surface area (Å²) in [4.78, 5) is 0. The van der Waals surface area contributed by atoms with Crippen LogP contribution in [0, 0.1) is 7.11 Å². The fraction of sp³-hybridized carbons (Fsp3) is 0.167. The summed E-state index contributed by atoms with van der Waals surface area (Å²) in [6.45, 7) is 0. The maximum Gasteiger partial charge on any atom is 0.315 e. The minimum Gasteiger partial charge on any atom is -0.431 e. The van der Waals surface area contributed by atoms with E-state index >= 15 is 0 Å². The molecule has 0 spiro atoms. The molecule has 0 N–H and O–H groups in total. The third kappa shape index (κ3) is 1.29. The van der Waals surface area contributed by atoms with Gasteiger partial charge in [-0.1, -0.05) is 0 Å². The molecule has 1 atom stereocenters. The molecule has 1 aliphatic rings. The Hall–Kier alpha value is -1.04. The van der Waals surface area contributed by atoms with Crippen molar-refractivity contribution in [2.24, 2.45) is 0 Å². The monoisotopic (exact) mass is 183 g/mol. The standard InChI is InChI=1S/C6H3F4O2/c1-11-6-4(9)2(7)3(8)5(10)12-6/h6H,1H2. The van der Waals surface area contributed by atoms with Crippen molar-refractivity contribution >= 4 is 0 Å². The van der Waals surface area contributed by atoms with Gasteiger partial charge in [0.2, 0.25) is 17.5 Å². The first-order chi connectivity index (χ1) is 5.57. The lowest BCUT2D eigenvalue weighted by atomic mass is 10.3. The normalized spacial score (nSPS) is 24.6. The van der Waals surface area contributed by atoms with Crippen LogP contribution in [-0.4, -0.2) is 6.29 Å². The van der Waals surface area contributed by atoms with Crippen LogP contribution in [-0.2, 0) is 9.47 Å². The highest BCUT2D eigenvalue weighted by atomic mass is 19.2. The molecule has 2 nitrogen and oxygen atoms in total. The Morgan fingerprint density at radius 3 is 2.25 bits per heavy atom. The lowest BCUT2D eigenvalue weighted by molar-refractivity contribution is -0.0925. The van der Waals surface area contributed by atoms with Gasteiger partial charge in [-0.2, -0.15) is 8.78 Å². The molecule has 1 aliphatic heterocycles. The second kappa shape index (κ2) is 3.14. The summed E-state index contributed by atoms with van der Waals surface area (Å²) in [6.07, 6.45) is -1.95. The molecule has 0 saturated heterocycles. The summed E-state index contributed by atoms with van der Waals surface area (Å²) in [5.41, 5.74) is 0. The van der Waals surface area contributed by atoms with Crippen molar-refractivity contribution in [3.8, 4) is 0 Å². The Morgan fingerprint density at radius 1 is 1.17 bits per heavy atom. The zero-order valence-electron chi connectivity index (χ0n) is 5.61. The summed E-state index contributed by atoms with van der Waals surface area (Å²) in [5.74, 6) is -5.66. The quantitative estimate of drug-likeness (QED) is 0.581. The smallest absolute Gasteiger partial charge is 0.315 e. The molecule has 1 radical (unpaired) electrons. The van der Waals surface area contributed by atoms with Crippen molar-refractivity contribution in [1.82, 2.24) is 0 Å². The van der Waals surface area contributed by atoms with Crippen LogP contribution in [0.4, 0.5) is 17.6 Å². The largest absolute Gasteiger partial charge is 0.431 e. The molecule has 0 aliphatic carbocycles. The Kier molecular flexibility index (Phi) is 2.37. The number of ether oxygens (including phenoxy) is 2. The van der Waals surface area contributed by atoms with Gasteiger partial charge in [-0.3, -0.25) is 0 Å². The van der Waals surface area contributed by atoms with Crippen molar-refractivity contribution in [2.45, 2.75) is 6.29 Å². The molecule has 0 saturated carbocycles. The molecule has 12 heavy (non-hydrogen) atoms. The van der Waals surface area contributed by atoms with Crippen LogP contribution in [0.25, 0.3) is 0 Å². The fourth-order valence-electron chi connectivity index (χ4n) is 0.599. The highest BCUT2D eigenvalue weighted by Crippen LogP contribution is 2.32. The first-order valence-electron chi connectivity index (χ1n) is 2.76. The number of halogens is 4. The molecule has 0 amide bonds. The van der Waals surface area contributed by atoms with Crippen LogP contribution < -0.4 is 0 Å². The SMILES string of the molecule is [CH2]OC1OC(F)=C(F)C(F)=C1F. The van der Waals surface area contributed by atoms with E-state index < -0.39 is 29.8 Å². The Labute approximate surface area is 65.1 Å². The zero-order chi connectivity index (χ0) is 9.30. The number of allylic oxidation sites excluding steroid dienone is 2.